The smallest absolute Gasteiger partial charge is 0.237 e. The maximum atomic E-state index is 12.1. The average Bonchev–Trinajstić information content (AvgIpc) is 2.63. The summed E-state index contributed by atoms with van der Waals surface area (Å²) < 4.78 is 0. The second-order valence-corrected chi connectivity index (χ2v) is 7.16. The number of piperidine rings is 1. The number of amides is 1. The molecule has 3 N–H and O–H groups in total. The van der Waals surface area contributed by atoms with Gasteiger partial charge in [-0.2, -0.15) is 0 Å². The van der Waals surface area contributed by atoms with E-state index < -0.39 is 0 Å². The Balaban J connectivity index is 1.94. The highest BCUT2D eigenvalue weighted by Crippen LogP contribution is 2.28. The molecule has 0 bridgehead atoms. The van der Waals surface area contributed by atoms with Gasteiger partial charge in [0.1, 0.15) is 0 Å². The topological polar surface area (TPSA) is 53.2 Å². The lowest BCUT2D eigenvalue weighted by Crippen LogP contribution is -2.63. The van der Waals surface area contributed by atoms with Crippen molar-refractivity contribution >= 4 is 5.91 Å². The molecule has 0 radical (unpaired) electrons. The molecule has 0 aliphatic carbocycles. The normalized spacial score (nSPS) is 31.2. The van der Waals surface area contributed by atoms with Crippen molar-refractivity contribution in [1.29, 1.82) is 0 Å². The minimum atomic E-state index is 0.0334. The lowest BCUT2D eigenvalue weighted by atomic mass is 9.79. The SMILES string of the molecule is CC1(C)CC(NC(=O)C2CCCN2)CC(C)(C)N1. The first-order valence-electron chi connectivity index (χ1n) is 7.11. The summed E-state index contributed by atoms with van der Waals surface area (Å²) in [5.74, 6) is 0.186. The zero-order valence-electron chi connectivity index (χ0n) is 12.1. The molecule has 0 saturated carbocycles. The van der Waals surface area contributed by atoms with Crippen LogP contribution < -0.4 is 16.0 Å². The Hall–Kier alpha value is -0.610. The molecule has 0 spiro atoms. The van der Waals surface area contributed by atoms with Gasteiger partial charge < -0.3 is 16.0 Å². The maximum Gasteiger partial charge on any atom is 0.237 e. The Morgan fingerprint density at radius 3 is 2.28 bits per heavy atom. The first-order chi connectivity index (χ1) is 8.27. The number of carbonyl (C=O) groups is 1. The fourth-order valence-corrected chi connectivity index (χ4v) is 3.63. The fourth-order valence-electron chi connectivity index (χ4n) is 3.63. The van der Waals surface area contributed by atoms with Crippen LogP contribution in [0.4, 0.5) is 0 Å². The van der Waals surface area contributed by atoms with E-state index >= 15 is 0 Å². The molecular weight excluding hydrogens is 226 g/mol. The molecular formula is C14H27N3O. The van der Waals surface area contributed by atoms with Crippen LogP contribution >= 0.6 is 0 Å². The van der Waals surface area contributed by atoms with Crippen molar-refractivity contribution in [3.63, 3.8) is 0 Å². The van der Waals surface area contributed by atoms with E-state index in [0.717, 1.165) is 32.2 Å². The molecule has 2 heterocycles. The van der Waals surface area contributed by atoms with Crippen LogP contribution in [-0.4, -0.2) is 35.6 Å². The molecule has 104 valence electrons. The second-order valence-electron chi connectivity index (χ2n) is 7.16. The third-order valence-electron chi connectivity index (χ3n) is 3.91. The molecule has 0 aromatic rings. The molecule has 2 saturated heterocycles. The van der Waals surface area contributed by atoms with Crippen LogP contribution in [0.15, 0.2) is 0 Å². The summed E-state index contributed by atoms with van der Waals surface area (Å²) in [7, 11) is 0. The molecule has 2 aliphatic heterocycles. The van der Waals surface area contributed by atoms with Crippen molar-refractivity contribution in [1.82, 2.24) is 16.0 Å². The highest BCUT2D eigenvalue weighted by molar-refractivity contribution is 5.82. The number of hydrogen-bond donors (Lipinski definition) is 3. The molecule has 18 heavy (non-hydrogen) atoms. The Labute approximate surface area is 110 Å². The van der Waals surface area contributed by atoms with Gasteiger partial charge in [0.25, 0.3) is 0 Å². The van der Waals surface area contributed by atoms with Crippen molar-refractivity contribution in [2.75, 3.05) is 6.54 Å². The van der Waals surface area contributed by atoms with Crippen molar-refractivity contribution < 1.29 is 4.79 Å². The summed E-state index contributed by atoms with van der Waals surface area (Å²) in [5.41, 5.74) is 0.172. The maximum absolute atomic E-state index is 12.1. The monoisotopic (exact) mass is 253 g/mol. The lowest BCUT2D eigenvalue weighted by molar-refractivity contribution is -0.124. The van der Waals surface area contributed by atoms with Crippen LogP contribution in [0, 0.1) is 0 Å². The van der Waals surface area contributed by atoms with Gasteiger partial charge in [-0.15, -0.1) is 0 Å². The third-order valence-corrected chi connectivity index (χ3v) is 3.91. The van der Waals surface area contributed by atoms with Gasteiger partial charge in [-0.25, -0.2) is 0 Å². The van der Waals surface area contributed by atoms with Gasteiger partial charge in [-0.1, -0.05) is 0 Å². The van der Waals surface area contributed by atoms with E-state index in [2.05, 4.69) is 43.6 Å². The Morgan fingerprint density at radius 1 is 1.17 bits per heavy atom. The number of rotatable bonds is 2. The van der Waals surface area contributed by atoms with Gasteiger partial charge in [0.15, 0.2) is 0 Å². The zero-order valence-corrected chi connectivity index (χ0v) is 12.1. The van der Waals surface area contributed by atoms with E-state index in [1.807, 2.05) is 0 Å². The van der Waals surface area contributed by atoms with Crippen LogP contribution in [0.5, 0.6) is 0 Å². The van der Waals surface area contributed by atoms with Crippen LogP contribution in [0.3, 0.4) is 0 Å². The van der Waals surface area contributed by atoms with Gasteiger partial charge in [-0.05, 0) is 59.9 Å². The van der Waals surface area contributed by atoms with E-state index in [-0.39, 0.29) is 29.1 Å². The molecule has 4 nitrogen and oxygen atoms in total. The first-order valence-corrected chi connectivity index (χ1v) is 7.11. The number of nitrogens with one attached hydrogen (secondary N) is 3. The van der Waals surface area contributed by atoms with Gasteiger partial charge in [0.05, 0.1) is 6.04 Å². The summed E-state index contributed by atoms with van der Waals surface area (Å²) in [6, 6.07) is 0.317. The van der Waals surface area contributed by atoms with E-state index in [9.17, 15) is 4.79 Å². The summed E-state index contributed by atoms with van der Waals surface area (Å²) in [6.45, 7) is 9.81. The predicted molar refractivity (Wildman–Crippen MR) is 73.5 cm³/mol. The minimum Gasteiger partial charge on any atom is -0.352 e. The molecule has 1 unspecified atom stereocenters. The summed E-state index contributed by atoms with van der Waals surface area (Å²) in [6.07, 6.45) is 4.08. The van der Waals surface area contributed by atoms with E-state index in [1.54, 1.807) is 0 Å². The molecule has 2 rings (SSSR count). The molecule has 0 aromatic heterocycles. The van der Waals surface area contributed by atoms with Crippen LogP contribution in [0.2, 0.25) is 0 Å². The highest BCUT2D eigenvalue weighted by Gasteiger charge is 2.38. The van der Waals surface area contributed by atoms with Crippen LogP contribution in [0.1, 0.15) is 53.4 Å². The largest absolute Gasteiger partial charge is 0.352 e. The number of hydrogen-bond acceptors (Lipinski definition) is 3. The van der Waals surface area contributed by atoms with E-state index in [1.165, 1.54) is 0 Å². The van der Waals surface area contributed by atoms with Crippen molar-refractivity contribution in [2.45, 2.75) is 76.5 Å². The van der Waals surface area contributed by atoms with Crippen LogP contribution in [0.25, 0.3) is 0 Å². The van der Waals surface area contributed by atoms with Gasteiger partial charge in [0.2, 0.25) is 5.91 Å². The molecule has 0 aromatic carbocycles. The average molecular weight is 253 g/mol. The number of carbonyl (C=O) groups excluding carboxylic acids is 1. The Morgan fingerprint density at radius 2 is 1.78 bits per heavy atom. The molecule has 2 aliphatic rings. The van der Waals surface area contributed by atoms with E-state index in [0.29, 0.717) is 0 Å². The molecule has 1 amide bonds. The fraction of sp³-hybridized carbons (Fsp3) is 0.929. The molecule has 1 atom stereocenters. The van der Waals surface area contributed by atoms with Crippen molar-refractivity contribution in [2.24, 2.45) is 0 Å². The highest BCUT2D eigenvalue weighted by atomic mass is 16.2. The van der Waals surface area contributed by atoms with Crippen molar-refractivity contribution in [3.8, 4) is 0 Å². The summed E-state index contributed by atoms with van der Waals surface area (Å²) in [5, 5.41) is 10.1. The quantitative estimate of drug-likeness (QED) is 0.692. The Kier molecular flexibility index (Phi) is 3.70. The molecule has 4 heteroatoms. The zero-order chi connectivity index (χ0) is 13.4. The minimum absolute atomic E-state index is 0.0334. The lowest BCUT2D eigenvalue weighted by Gasteiger charge is -2.46. The van der Waals surface area contributed by atoms with Crippen molar-refractivity contribution in [3.05, 3.63) is 0 Å². The first kappa shape index (κ1) is 13.8. The summed E-state index contributed by atoms with van der Waals surface area (Å²) in [4.78, 5) is 12.1. The summed E-state index contributed by atoms with van der Waals surface area (Å²) >= 11 is 0. The Bertz CT molecular complexity index is 303. The predicted octanol–water partition coefficient (Wildman–Crippen LogP) is 1.16. The standard InChI is InChI=1S/C14H27N3O/c1-13(2)8-10(9-14(3,4)17-13)16-12(18)11-6-5-7-15-11/h10-11,15,17H,5-9H2,1-4H3,(H,16,18). The van der Waals surface area contributed by atoms with Gasteiger partial charge in [0, 0.05) is 17.1 Å². The van der Waals surface area contributed by atoms with Crippen LogP contribution in [-0.2, 0) is 4.79 Å². The van der Waals surface area contributed by atoms with Gasteiger partial charge in [-0.3, -0.25) is 4.79 Å². The van der Waals surface area contributed by atoms with Gasteiger partial charge >= 0.3 is 0 Å². The third kappa shape index (κ3) is 3.45. The van der Waals surface area contributed by atoms with E-state index in [4.69, 9.17) is 0 Å². The molecule has 2 fully saturated rings. The second kappa shape index (κ2) is 4.82.